The summed E-state index contributed by atoms with van der Waals surface area (Å²) in [5.74, 6) is -0.0718. The highest BCUT2D eigenvalue weighted by Gasteiger charge is 2.18. The Kier molecular flexibility index (Phi) is 52.7. The number of aliphatic hydroxyl groups is 2. The van der Waals surface area contributed by atoms with Crippen LogP contribution in [0.15, 0.2) is 36.5 Å². The second-order valence-electron chi connectivity index (χ2n) is 19.3. The first kappa shape index (κ1) is 60.6. The minimum atomic E-state index is -0.869. The monoisotopic (exact) mass is 870 g/mol. The van der Waals surface area contributed by atoms with Crippen LogP contribution in [0.3, 0.4) is 0 Å². The molecule has 366 valence electrons. The molecule has 62 heavy (non-hydrogen) atoms. The van der Waals surface area contributed by atoms with Crippen molar-refractivity contribution in [2.45, 2.75) is 321 Å². The van der Waals surface area contributed by atoms with Gasteiger partial charge in [-0.15, -0.1) is 0 Å². The zero-order valence-electron chi connectivity index (χ0n) is 42.2. The van der Waals surface area contributed by atoms with E-state index in [4.69, 9.17) is 0 Å². The van der Waals surface area contributed by atoms with Gasteiger partial charge in [-0.2, -0.15) is 0 Å². The molecular formula is C58H111NO3. The number of allylic oxidation sites excluding steroid dienone is 5. The molecule has 0 aliphatic rings. The lowest BCUT2D eigenvalue weighted by Crippen LogP contribution is -2.45. The Morgan fingerprint density at radius 1 is 0.371 bits per heavy atom. The van der Waals surface area contributed by atoms with E-state index in [0.29, 0.717) is 6.42 Å². The highest BCUT2D eigenvalue weighted by molar-refractivity contribution is 5.76. The molecule has 2 unspecified atom stereocenters. The van der Waals surface area contributed by atoms with Crippen molar-refractivity contribution in [2.24, 2.45) is 0 Å². The number of rotatable bonds is 52. The third-order valence-electron chi connectivity index (χ3n) is 13.1. The second-order valence-corrected chi connectivity index (χ2v) is 19.3. The summed E-state index contributed by atoms with van der Waals surface area (Å²) in [5, 5.41) is 23.1. The first-order valence-corrected chi connectivity index (χ1v) is 28.2. The Morgan fingerprint density at radius 3 is 0.935 bits per heavy atom. The van der Waals surface area contributed by atoms with Gasteiger partial charge in [0.15, 0.2) is 0 Å². The van der Waals surface area contributed by atoms with Crippen LogP contribution < -0.4 is 5.32 Å². The predicted molar refractivity (Wildman–Crippen MR) is 276 cm³/mol. The fraction of sp³-hybridized carbons (Fsp3) is 0.879. The van der Waals surface area contributed by atoms with Crippen LogP contribution in [-0.2, 0) is 4.79 Å². The highest BCUT2D eigenvalue weighted by Crippen LogP contribution is 2.17. The third kappa shape index (κ3) is 49.6. The molecule has 0 saturated heterocycles. The Hall–Kier alpha value is -1.39. The predicted octanol–water partition coefficient (Wildman–Crippen LogP) is 18.5. The molecule has 0 aromatic carbocycles. The molecule has 3 N–H and O–H groups in total. The molecule has 0 radical (unpaired) electrons. The number of aliphatic hydroxyl groups excluding tert-OH is 2. The summed E-state index contributed by atoms with van der Waals surface area (Å²) < 4.78 is 0. The minimum absolute atomic E-state index is 0.0718. The zero-order chi connectivity index (χ0) is 44.9. The van der Waals surface area contributed by atoms with Crippen LogP contribution in [0.5, 0.6) is 0 Å². The van der Waals surface area contributed by atoms with E-state index < -0.39 is 12.1 Å². The average molecular weight is 871 g/mol. The molecule has 0 rings (SSSR count). The maximum Gasteiger partial charge on any atom is 0.220 e. The van der Waals surface area contributed by atoms with Crippen LogP contribution in [0.25, 0.3) is 0 Å². The number of carbonyl (C=O) groups is 1. The smallest absolute Gasteiger partial charge is 0.220 e. The van der Waals surface area contributed by atoms with Crippen molar-refractivity contribution in [3.63, 3.8) is 0 Å². The number of carbonyl (C=O) groups excluding carboxylic acids is 1. The SMILES string of the molecule is CCCCCCCCCCCCCCC/C=C/CC/C=C/CC/C=C/C(O)C(CO)NC(=O)CCCCCCCCCCCCCCCCCCCCCCCCCCCCC. The van der Waals surface area contributed by atoms with Crippen molar-refractivity contribution in [2.75, 3.05) is 6.61 Å². The average Bonchev–Trinajstić information content (AvgIpc) is 3.28. The van der Waals surface area contributed by atoms with Gasteiger partial charge in [0.05, 0.1) is 18.8 Å². The summed E-state index contributed by atoms with van der Waals surface area (Å²) in [6, 6.07) is -0.644. The molecule has 2 atom stereocenters. The number of hydrogen-bond donors (Lipinski definition) is 3. The van der Waals surface area contributed by atoms with Crippen molar-refractivity contribution in [1.29, 1.82) is 0 Å². The van der Waals surface area contributed by atoms with E-state index in [0.717, 1.165) is 38.5 Å². The molecular weight excluding hydrogens is 759 g/mol. The normalized spacial score (nSPS) is 13.0. The van der Waals surface area contributed by atoms with Crippen LogP contribution >= 0.6 is 0 Å². The van der Waals surface area contributed by atoms with E-state index in [2.05, 4.69) is 43.5 Å². The Bertz CT molecular complexity index is 943. The first-order valence-electron chi connectivity index (χ1n) is 28.2. The van der Waals surface area contributed by atoms with Crippen molar-refractivity contribution in [1.82, 2.24) is 5.32 Å². The molecule has 1 amide bonds. The molecule has 0 aliphatic carbocycles. The summed E-state index contributed by atoms with van der Waals surface area (Å²) >= 11 is 0. The Balaban J connectivity index is 3.52. The van der Waals surface area contributed by atoms with E-state index in [1.54, 1.807) is 6.08 Å². The molecule has 0 aromatic rings. The van der Waals surface area contributed by atoms with E-state index in [9.17, 15) is 15.0 Å². The molecule has 0 aliphatic heterocycles. The number of amides is 1. The third-order valence-corrected chi connectivity index (χ3v) is 13.1. The molecule has 4 nitrogen and oxygen atoms in total. The Morgan fingerprint density at radius 2 is 0.629 bits per heavy atom. The number of hydrogen-bond acceptors (Lipinski definition) is 3. The van der Waals surface area contributed by atoms with Gasteiger partial charge in [-0.3, -0.25) is 4.79 Å². The maximum absolute atomic E-state index is 12.5. The molecule has 0 fully saturated rings. The maximum atomic E-state index is 12.5. The van der Waals surface area contributed by atoms with E-state index in [1.165, 1.54) is 250 Å². The molecule has 0 aromatic heterocycles. The Labute approximate surface area is 389 Å². The quantitative estimate of drug-likeness (QED) is 0.0421. The van der Waals surface area contributed by atoms with Crippen LogP contribution in [0.4, 0.5) is 0 Å². The van der Waals surface area contributed by atoms with Crippen LogP contribution in [0.2, 0.25) is 0 Å². The van der Waals surface area contributed by atoms with Crippen molar-refractivity contribution < 1.29 is 15.0 Å². The van der Waals surface area contributed by atoms with Crippen molar-refractivity contribution >= 4 is 5.91 Å². The fourth-order valence-electron chi connectivity index (χ4n) is 8.80. The molecule has 4 heteroatoms. The van der Waals surface area contributed by atoms with Crippen LogP contribution in [0, 0.1) is 0 Å². The van der Waals surface area contributed by atoms with E-state index in [1.807, 2.05) is 6.08 Å². The number of nitrogens with one attached hydrogen (secondary N) is 1. The molecule has 0 saturated carbocycles. The lowest BCUT2D eigenvalue weighted by molar-refractivity contribution is -0.123. The summed E-state index contributed by atoms with van der Waals surface area (Å²) in [4.78, 5) is 12.5. The van der Waals surface area contributed by atoms with Gasteiger partial charge in [-0.1, -0.05) is 294 Å². The van der Waals surface area contributed by atoms with Gasteiger partial charge in [0.25, 0.3) is 0 Å². The molecule has 0 heterocycles. The first-order chi connectivity index (χ1) is 30.7. The second kappa shape index (κ2) is 53.9. The van der Waals surface area contributed by atoms with Crippen LogP contribution in [-0.4, -0.2) is 34.9 Å². The van der Waals surface area contributed by atoms with Gasteiger partial charge in [-0.25, -0.2) is 0 Å². The summed E-state index contributed by atoms with van der Waals surface area (Å²) in [6.45, 7) is 4.33. The summed E-state index contributed by atoms with van der Waals surface area (Å²) in [6.07, 6.45) is 73.1. The van der Waals surface area contributed by atoms with Gasteiger partial charge in [0.2, 0.25) is 5.91 Å². The topological polar surface area (TPSA) is 69.6 Å². The largest absolute Gasteiger partial charge is 0.394 e. The highest BCUT2D eigenvalue weighted by atomic mass is 16.3. The molecule has 0 spiro atoms. The van der Waals surface area contributed by atoms with Gasteiger partial charge in [-0.05, 0) is 44.9 Å². The fourth-order valence-corrected chi connectivity index (χ4v) is 8.80. The zero-order valence-corrected chi connectivity index (χ0v) is 42.2. The van der Waals surface area contributed by atoms with Gasteiger partial charge >= 0.3 is 0 Å². The molecule has 0 bridgehead atoms. The van der Waals surface area contributed by atoms with E-state index >= 15 is 0 Å². The van der Waals surface area contributed by atoms with Gasteiger partial charge in [0.1, 0.15) is 0 Å². The van der Waals surface area contributed by atoms with Crippen molar-refractivity contribution in [3.05, 3.63) is 36.5 Å². The minimum Gasteiger partial charge on any atom is -0.394 e. The van der Waals surface area contributed by atoms with Gasteiger partial charge in [0, 0.05) is 6.42 Å². The van der Waals surface area contributed by atoms with E-state index in [-0.39, 0.29) is 12.5 Å². The van der Waals surface area contributed by atoms with Gasteiger partial charge < -0.3 is 15.5 Å². The van der Waals surface area contributed by atoms with Crippen LogP contribution in [0.1, 0.15) is 309 Å². The van der Waals surface area contributed by atoms with Crippen molar-refractivity contribution in [3.8, 4) is 0 Å². The lowest BCUT2D eigenvalue weighted by Gasteiger charge is -2.19. The standard InChI is InChI=1S/C58H111NO3/c1-3-5-7-9-11-13-15-17-19-21-23-25-27-28-29-30-32-34-36-38-40-42-44-46-48-50-52-54-58(62)59-56(55-60)57(61)53-51-49-47-45-43-41-39-37-35-33-31-26-24-22-20-18-16-14-12-10-8-6-4-2/h35,37,43,45,51,53,56-57,60-61H,3-34,36,38-42,44,46-50,52,54-55H2,1-2H3,(H,59,62)/b37-35+,45-43+,53-51+. The number of unbranched alkanes of at least 4 members (excludes halogenated alkanes) is 41. The summed E-state index contributed by atoms with van der Waals surface area (Å²) in [7, 11) is 0. The lowest BCUT2D eigenvalue weighted by atomic mass is 10.0. The summed E-state index contributed by atoms with van der Waals surface area (Å²) in [5.41, 5.74) is 0.